The van der Waals surface area contributed by atoms with Crippen LogP contribution in [0, 0.1) is 0 Å². The highest BCUT2D eigenvalue weighted by molar-refractivity contribution is 5.90. The highest BCUT2D eigenvalue weighted by atomic mass is 16.5. The number of hydrogen-bond acceptors (Lipinski definition) is 8. The van der Waals surface area contributed by atoms with Crippen LogP contribution in [0.5, 0.6) is 5.88 Å². The number of aromatic nitrogens is 5. The molecule has 10 heteroatoms. The minimum Gasteiger partial charge on any atom is -0.473 e. The molecule has 4 heterocycles. The number of morpholine rings is 1. The molecule has 34 heavy (non-hydrogen) atoms. The first-order chi connectivity index (χ1) is 16.6. The van der Waals surface area contributed by atoms with Gasteiger partial charge in [-0.3, -0.25) is 9.78 Å². The second-order valence-corrected chi connectivity index (χ2v) is 8.17. The Morgan fingerprint density at radius 2 is 2.00 bits per heavy atom. The van der Waals surface area contributed by atoms with Gasteiger partial charge in [0, 0.05) is 56.7 Å². The van der Waals surface area contributed by atoms with E-state index >= 15 is 0 Å². The number of fused-ring (bicyclic) bond motifs is 1. The summed E-state index contributed by atoms with van der Waals surface area (Å²) in [6.45, 7) is 1.55. The fourth-order valence-corrected chi connectivity index (χ4v) is 3.83. The number of ether oxygens (including phenoxy) is 2. The average Bonchev–Trinajstić information content (AvgIpc) is 3.42. The summed E-state index contributed by atoms with van der Waals surface area (Å²) < 4.78 is 11.9. The largest absolute Gasteiger partial charge is 0.473 e. The SMILES string of the molecule is CN(C)c1ccc(-c2cc3nccnc3c(OC[C@@H]3CN(C(=O)c4ncc[nH]4)CCO3)n2)cc1. The first kappa shape index (κ1) is 21.8. The predicted octanol–water partition coefficient (Wildman–Crippen LogP) is 2.40. The lowest BCUT2D eigenvalue weighted by Crippen LogP contribution is -2.47. The van der Waals surface area contributed by atoms with Gasteiger partial charge in [0.15, 0.2) is 11.3 Å². The van der Waals surface area contributed by atoms with Gasteiger partial charge in [0.1, 0.15) is 12.7 Å². The summed E-state index contributed by atoms with van der Waals surface area (Å²) in [5.74, 6) is 0.545. The van der Waals surface area contributed by atoms with Crippen LogP contribution < -0.4 is 9.64 Å². The molecule has 0 aliphatic carbocycles. The number of amides is 1. The molecule has 1 atom stereocenters. The third kappa shape index (κ3) is 4.53. The molecule has 1 fully saturated rings. The number of aromatic amines is 1. The van der Waals surface area contributed by atoms with Crippen LogP contribution in [-0.4, -0.2) is 82.2 Å². The van der Waals surface area contributed by atoms with Crippen LogP contribution in [0.25, 0.3) is 22.3 Å². The predicted molar refractivity (Wildman–Crippen MR) is 127 cm³/mol. The molecule has 0 saturated carbocycles. The van der Waals surface area contributed by atoms with E-state index in [2.05, 4.69) is 19.9 Å². The number of nitrogens with one attached hydrogen (secondary N) is 1. The van der Waals surface area contributed by atoms with Crippen LogP contribution in [0.4, 0.5) is 5.69 Å². The van der Waals surface area contributed by atoms with Gasteiger partial charge in [-0.05, 0) is 18.2 Å². The van der Waals surface area contributed by atoms with E-state index in [1.54, 1.807) is 29.7 Å². The van der Waals surface area contributed by atoms with Gasteiger partial charge in [-0.1, -0.05) is 12.1 Å². The molecule has 1 aliphatic heterocycles. The van der Waals surface area contributed by atoms with Crippen LogP contribution >= 0.6 is 0 Å². The van der Waals surface area contributed by atoms with Crippen molar-refractivity contribution in [3.63, 3.8) is 0 Å². The van der Waals surface area contributed by atoms with Crippen molar-refractivity contribution in [2.45, 2.75) is 6.10 Å². The summed E-state index contributed by atoms with van der Waals surface area (Å²) in [4.78, 5) is 36.9. The quantitative estimate of drug-likeness (QED) is 0.468. The number of imidazole rings is 1. The fourth-order valence-electron chi connectivity index (χ4n) is 3.83. The molecule has 0 unspecified atom stereocenters. The van der Waals surface area contributed by atoms with E-state index in [4.69, 9.17) is 14.5 Å². The maximum atomic E-state index is 12.6. The second kappa shape index (κ2) is 9.44. The van der Waals surface area contributed by atoms with Gasteiger partial charge in [-0.15, -0.1) is 0 Å². The summed E-state index contributed by atoms with van der Waals surface area (Å²) in [6.07, 6.45) is 6.15. The van der Waals surface area contributed by atoms with Gasteiger partial charge in [-0.25, -0.2) is 15.0 Å². The second-order valence-electron chi connectivity index (χ2n) is 8.17. The van der Waals surface area contributed by atoms with Crippen molar-refractivity contribution in [1.29, 1.82) is 0 Å². The van der Waals surface area contributed by atoms with E-state index < -0.39 is 0 Å². The Labute approximate surface area is 196 Å². The van der Waals surface area contributed by atoms with Gasteiger partial charge >= 0.3 is 0 Å². The van der Waals surface area contributed by atoms with Crippen molar-refractivity contribution in [3.8, 4) is 17.1 Å². The number of carbonyl (C=O) groups is 1. The lowest BCUT2D eigenvalue weighted by molar-refractivity contribution is -0.0407. The zero-order valence-electron chi connectivity index (χ0n) is 19.0. The highest BCUT2D eigenvalue weighted by Gasteiger charge is 2.27. The van der Waals surface area contributed by atoms with Crippen LogP contribution in [-0.2, 0) is 4.74 Å². The highest BCUT2D eigenvalue weighted by Crippen LogP contribution is 2.28. The standard InChI is InChI=1S/C24H25N7O3/c1-30(2)17-5-3-16(4-6-17)19-13-20-21(26-8-7-25-20)23(29-19)34-15-18-14-31(11-12-33-18)24(32)22-27-9-10-28-22/h3-10,13,18H,11-12,14-15H2,1-2H3,(H,27,28)/t18-/m0/s1. The number of hydrogen-bond donors (Lipinski definition) is 1. The van der Waals surface area contributed by atoms with E-state index in [0.717, 1.165) is 16.9 Å². The van der Waals surface area contributed by atoms with Gasteiger partial charge in [0.2, 0.25) is 5.88 Å². The molecule has 3 aromatic heterocycles. The van der Waals surface area contributed by atoms with E-state index in [-0.39, 0.29) is 18.6 Å². The Balaban J connectivity index is 1.35. The number of carbonyl (C=O) groups excluding carboxylic acids is 1. The minimum atomic E-state index is -0.302. The molecule has 0 radical (unpaired) electrons. The molecule has 0 spiro atoms. The van der Waals surface area contributed by atoms with Crippen molar-refractivity contribution in [3.05, 3.63) is 60.9 Å². The van der Waals surface area contributed by atoms with Crippen molar-refractivity contribution in [1.82, 2.24) is 29.8 Å². The van der Waals surface area contributed by atoms with Crippen LogP contribution in [0.3, 0.4) is 0 Å². The van der Waals surface area contributed by atoms with Crippen LogP contribution in [0.1, 0.15) is 10.6 Å². The topological polar surface area (TPSA) is 109 Å². The third-order valence-electron chi connectivity index (χ3n) is 5.64. The molecule has 1 aromatic carbocycles. The molecular weight excluding hydrogens is 434 g/mol. The van der Waals surface area contributed by atoms with Crippen molar-refractivity contribution >= 4 is 22.6 Å². The van der Waals surface area contributed by atoms with Gasteiger partial charge in [-0.2, -0.15) is 0 Å². The molecule has 1 aliphatic rings. The van der Waals surface area contributed by atoms with E-state index in [1.807, 2.05) is 49.3 Å². The number of rotatable bonds is 6. The molecule has 1 saturated heterocycles. The maximum Gasteiger partial charge on any atom is 0.289 e. The molecule has 1 amide bonds. The first-order valence-electron chi connectivity index (χ1n) is 11.0. The minimum absolute atomic E-state index is 0.157. The Kier molecular flexibility index (Phi) is 6.05. The molecule has 5 rings (SSSR count). The molecule has 1 N–H and O–H groups in total. The monoisotopic (exact) mass is 459 g/mol. The lowest BCUT2D eigenvalue weighted by atomic mass is 10.1. The van der Waals surface area contributed by atoms with Crippen molar-refractivity contribution < 1.29 is 14.3 Å². The number of benzene rings is 1. The number of H-pyrrole nitrogens is 1. The maximum absolute atomic E-state index is 12.6. The number of pyridine rings is 1. The zero-order valence-corrected chi connectivity index (χ0v) is 19.0. The summed E-state index contributed by atoms with van der Waals surface area (Å²) in [5, 5.41) is 0. The lowest BCUT2D eigenvalue weighted by Gasteiger charge is -2.32. The van der Waals surface area contributed by atoms with Crippen LogP contribution in [0.15, 0.2) is 55.1 Å². The van der Waals surface area contributed by atoms with Crippen molar-refractivity contribution in [2.24, 2.45) is 0 Å². The van der Waals surface area contributed by atoms with E-state index in [0.29, 0.717) is 42.4 Å². The zero-order chi connectivity index (χ0) is 23.5. The van der Waals surface area contributed by atoms with Crippen LogP contribution in [0.2, 0.25) is 0 Å². The Morgan fingerprint density at radius 3 is 2.76 bits per heavy atom. The summed E-state index contributed by atoms with van der Waals surface area (Å²) in [7, 11) is 4.00. The Morgan fingerprint density at radius 1 is 1.18 bits per heavy atom. The summed E-state index contributed by atoms with van der Waals surface area (Å²) in [6, 6.07) is 10.0. The normalized spacial score (nSPS) is 15.9. The average molecular weight is 460 g/mol. The van der Waals surface area contributed by atoms with Crippen molar-refractivity contribution in [2.75, 3.05) is 45.3 Å². The summed E-state index contributed by atoms with van der Waals surface area (Å²) in [5.41, 5.74) is 4.07. The summed E-state index contributed by atoms with van der Waals surface area (Å²) >= 11 is 0. The molecule has 174 valence electrons. The number of nitrogens with zero attached hydrogens (tertiary/aromatic N) is 6. The van der Waals surface area contributed by atoms with E-state index in [9.17, 15) is 4.79 Å². The molecule has 4 aromatic rings. The number of anilines is 1. The van der Waals surface area contributed by atoms with Gasteiger partial charge < -0.3 is 24.3 Å². The third-order valence-corrected chi connectivity index (χ3v) is 5.64. The fraction of sp³-hybridized carbons (Fsp3) is 0.292. The Hall–Kier alpha value is -4.05. The van der Waals surface area contributed by atoms with E-state index in [1.165, 1.54) is 0 Å². The molecule has 10 nitrogen and oxygen atoms in total. The Bertz CT molecular complexity index is 1280. The molecular formula is C24H25N7O3. The molecule has 0 bridgehead atoms. The smallest absolute Gasteiger partial charge is 0.289 e. The first-order valence-corrected chi connectivity index (χ1v) is 11.0. The van der Waals surface area contributed by atoms with Gasteiger partial charge in [0.25, 0.3) is 5.91 Å². The van der Waals surface area contributed by atoms with Gasteiger partial charge in [0.05, 0.1) is 24.4 Å².